The van der Waals surface area contributed by atoms with Crippen LogP contribution in [-0.4, -0.2) is 12.3 Å². The molecule has 1 unspecified atom stereocenters. The number of anilines is 1. The van der Waals surface area contributed by atoms with E-state index in [9.17, 15) is 8.78 Å². The SMILES string of the molecule is Cc1cc(N)c(OC(F)(F)C(C)C=N)cc1C. The molecule has 1 aromatic carbocycles. The van der Waals surface area contributed by atoms with E-state index < -0.39 is 12.0 Å². The Balaban J connectivity index is 3.03. The number of nitrogen functional groups attached to an aromatic ring is 1. The van der Waals surface area contributed by atoms with Gasteiger partial charge in [0.25, 0.3) is 0 Å². The Hall–Kier alpha value is -1.65. The smallest absolute Gasteiger partial charge is 0.405 e. The van der Waals surface area contributed by atoms with Crippen molar-refractivity contribution in [3.05, 3.63) is 23.3 Å². The van der Waals surface area contributed by atoms with Crippen LogP contribution in [-0.2, 0) is 0 Å². The molecule has 1 rings (SSSR count). The molecule has 0 aliphatic carbocycles. The number of rotatable bonds is 4. The first-order valence-electron chi connectivity index (χ1n) is 5.22. The van der Waals surface area contributed by atoms with Crippen molar-refractivity contribution in [3.8, 4) is 5.75 Å². The highest BCUT2D eigenvalue weighted by molar-refractivity contribution is 5.59. The summed E-state index contributed by atoms with van der Waals surface area (Å²) < 4.78 is 31.6. The molecule has 0 saturated carbocycles. The molecule has 0 aliphatic heterocycles. The lowest BCUT2D eigenvalue weighted by molar-refractivity contribution is -0.194. The summed E-state index contributed by atoms with van der Waals surface area (Å²) in [5.74, 6) is -1.35. The van der Waals surface area contributed by atoms with Gasteiger partial charge >= 0.3 is 6.11 Å². The first kappa shape index (κ1) is 13.4. The van der Waals surface area contributed by atoms with Crippen molar-refractivity contribution in [1.82, 2.24) is 0 Å². The molecule has 94 valence electrons. The van der Waals surface area contributed by atoms with E-state index in [1.54, 1.807) is 13.0 Å². The molecule has 3 N–H and O–H groups in total. The van der Waals surface area contributed by atoms with Crippen LogP contribution >= 0.6 is 0 Å². The van der Waals surface area contributed by atoms with Crippen molar-refractivity contribution in [2.24, 2.45) is 5.92 Å². The number of alkyl halides is 2. The maximum Gasteiger partial charge on any atom is 0.405 e. The predicted octanol–water partition coefficient (Wildman–Crippen LogP) is 3.14. The van der Waals surface area contributed by atoms with Crippen LogP contribution in [0.15, 0.2) is 12.1 Å². The standard InChI is InChI=1S/C12H16F2N2O/c1-7-4-10(16)11(5-8(7)2)17-12(13,14)9(3)6-15/h4-6,9,15H,16H2,1-3H3. The lowest BCUT2D eigenvalue weighted by atomic mass is 10.1. The molecule has 1 aromatic rings. The monoisotopic (exact) mass is 242 g/mol. The van der Waals surface area contributed by atoms with Crippen molar-refractivity contribution in [2.45, 2.75) is 26.9 Å². The summed E-state index contributed by atoms with van der Waals surface area (Å²) in [6.07, 6.45) is -2.78. The molecule has 0 spiro atoms. The van der Waals surface area contributed by atoms with E-state index in [2.05, 4.69) is 4.74 Å². The Morgan fingerprint density at radius 2 is 1.88 bits per heavy atom. The zero-order chi connectivity index (χ0) is 13.2. The average Bonchev–Trinajstić information content (AvgIpc) is 2.24. The number of hydrogen-bond donors (Lipinski definition) is 2. The fraction of sp³-hybridized carbons (Fsp3) is 0.417. The van der Waals surface area contributed by atoms with E-state index >= 15 is 0 Å². The van der Waals surface area contributed by atoms with Crippen LogP contribution in [0.5, 0.6) is 5.75 Å². The fourth-order valence-electron chi connectivity index (χ4n) is 1.24. The maximum atomic E-state index is 13.5. The Morgan fingerprint density at radius 3 is 2.41 bits per heavy atom. The first-order chi connectivity index (χ1) is 7.77. The summed E-state index contributed by atoms with van der Waals surface area (Å²) in [5, 5.41) is 6.84. The van der Waals surface area contributed by atoms with Crippen LogP contribution in [0.25, 0.3) is 0 Å². The van der Waals surface area contributed by atoms with E-state index in [1.165, 1.54) is 13.0 Å². The minimum absolute atomic E-state index is 0.0493. The van der Waals surface area contributed by atoms with Crippen molar-refractivity contribution >= 4 is 11.9 Å². The zero-order valence-electron chi connectivity index (χ0n) is 10.1. The number of nitrogens with one attached hydrogen (secondary N) is 1. The molecular formula is C12H16F2N2O. The summed E-state index contributed by atoms with van der Waals surface area (Å²) in [4.78, 5) is 0. The van der Waals surface area contributed by atoms with Crippen molar-refractivity contribution in [2.75, 3.05) is 5.73 Å². The van der Waals surface area contributed by atoms with Crippen LogP contribution in [0, 0.1) is 25.2 Å². The minimum atomic E-state index is -3.43. The second-order valence-electron chi connectivity index (χ2n) is 4.09. The summed E-state index contributed by atoms with van der Waals surface area (Å²) in [6.45, 7) is 4.85. The number of halogens is 2. The van der Waals surface area contributed by atoms with Crippen LogP contribution in [0.1, 0.15) is 18.1 Å². The van der Waals surface area contributed by atoms with E-state index in [1.807, 2.05) is 6.92 Å². The average molecular weight is 242 g/mol. The van der Waals surface area contributed by atoms with Gasteiger partial charge < -0.3 is 15.9 Å². The predicted molar refractivity (Wildman–Crippen MR) is 63.9 cm³/mol. The molecule has 0 bridgehead atoms. The molecule has 1 atom stereocenters. The fourth-order valence-corrected chi connectivity index (χ4v) is 1.24. The summed E-state index contributed by atoms with van der Waals surface area (Å²) in [6, 6.07) is 3.07. The Morgan fingerprint density at radius 1 is 1.35 bits per heavy atom. The first-order valence-corrected chi connectivity index (χ1v) is 5.22. The van der Waals surface area contributed by atoms with Crippen molar-refractivity contribution < 1.29 is 13.5 Å². The second-order valence-corrected chi connectivity index (χ2v) is 4.09. The Labute approximate surface area is 99.1 Å². The number of ether oxygens (including phenoxy) is 1. The lowest BCUT2D eigenvalue weighted by Crippen LogP contribution is -2.34. The van der Waals surface area contributed by atoms with Gasteiger partial charge in [-0.15, -0.1) is 0 Å². The molecular weight excluding hydrogens is 226 g/mol. The number of aryl methyl sites for hydroxylation is 2. The van der Waals surface area contributed by atoms with Gasteiger partial charge in [0.1, 0.15) is 5.75 Å². The van der Waals surface area contributed by atoms with Gasteiger partial charge in [-0.05, 0) is 44.0 Å². The lowest BCUT2D eigenvalue weighted by Gasteiger charge is -2.22. The highest BCUT2D eigenvalue weighted by Gasteiger charge is 2.38. The van der Waals surface area contributed by atoms with Crippen LogP contribution in [0.3, 0.4) is 0 Å². The summed E-state index contributed by atoms with van der Waals surface area (Å²) >= 11 is 0. The number of nitrogens with two attached hydrogens (primary N) is 1. The van der Waals surface area contributed by atoms with Crippen molar-refractivity contribution in [3.63, 3.8) is 0 Å². The normalized spacial score (nSPS) is 13.2. The van der Waals surface area contributed by atoms with Crippen LogP contribution in [0.2, 0.25) is 0 Å². The van der Waals surface area contributed by atoms with E-state index in [0.29, 0.717) is 6.21 Å². The second kappa shape index (κ2) is 4.69. The Kier molecular flexibility index (Phi) is 3.70. The molecule has 0 saturated heterocycles. The zero-order valence-corrected chi connectivity index (χ0v) is 10.1. The highest BCUT2D eigenvalue weighted by atomic mass is 19.3. The third-order valence-corrected chi connectivity index (χ3v) is 2.65. The third kappa shape index (κ3) is 2.93. The highest BCUT2D eigenvalue weighted by Crippen LogP contribution is 2.33. The molecule has 3 nitrogen and oxygen atoms in total. The van der Waals surface area contributed by atoms with Gasteiger partial charge in [0.05, 0.1) is 11.6 Å². The van der Waals surface area contributed by atoms with Gasteiger partial charge in [-0.3, -0.25) is 0 Å². The van der Waals surface area contributed by atoms with Gasteiger partial charge in [0, 0.05) is 6.21 Å². The van der Waals surface area contributed by atoms with E-state index in [4.69, 9.17) is 11.1 Å². The van der Waals surface area contributed by atoms with Crippen LogP contribution < -0.4 is 10.5 Å². The van der Waals surface area contributed by atoms with Gasteiger partial charge in [-0.1, -0.05) is 0 Å². The molecule has 5 heteroatoms. The largest absolute Gasteiger partial charge is 0.430 e. The molecule has 0 heterocycles. The summed E-state index contributed by atoms with van der Waals surface area (Å²) in [7, 11) is 0. The molecule has 0 amide bonds. The third-order valence-electron chi connectivity index (χ3n) is 2.65. The van der Waals surface area contributed by atoms with E-state index in [0.717, 1.165) is 11.1 Å². The summed E-state index contributed by atoms with van der Waals surface area (Å²) in [5.41, 5.74) is 7.54. The molecule has 0 aromatic heterocycles. The molecule has 0 aliphatic rings. The van der Waals surface area contributed by atoms with E-state index in [-0.39, 0.29) is 11.4 Å². The molecule has 17 heavy (non-hydrogen) atoms. The van der Waals surface area contributed by atoms with Crippen molar-refractivity contribution in [1.29, 1.82) is 5.41 Å². The van der Waals surface area contributed by atoms with Gasteiger partial charge in [-0.25, -0.2) is 0 Å². The van der Waals surface area contributed by atoms with Crippen LogP contribution in [0.4, 0.5) is 14.5 Å². The topological polar surface area (TPSA) is 59.1 Å². The minimum Gasteiger partial charge on any atom is -0.430 e. The molecule has 0 radical (unpaired) electrons. The number of benzene rings is 1. The molecule has 0 fully saturated rings. The number of hydrogen-bond acceptors (Lipinski definition) is 3. The Bertz CT molecular complexity index is 433. The maximum absolute atomic E-state index is 13.5. The quantitative estimate of drug-likeness (QED) is 0.629. The van der Waals surface area contributed by atoms with Gasteiger partial charge in [0.2, 0.25) is 0 Å². The van der Waals surface area contributed by atoms with Gasteiger partial charge in [-0.2, -0.15) is 8.78 Å². The van der Waals surface area contributed by atoms with Gasteiger partial charge in [0.15, 0.2) is 0 Å².